The second kappa shape index (κ2) is 7.20. The number of aryl methyl sites for hydroxylation is 2. The number of nitrogens with one attached hydrogen (secondary N) is 2. The lowest BCUT2D eigenvalue weighted by atomic mass is 10.2. The van der Waals surface area contributed by atoms with Crippen molar-refractivity contribution in [2.24, 2.45) is 0 Å². The molecule has 0 bridgehead atoms. The molecular weight excluding hydrogens is 404 g/mol. The fourth-order valence-corrected chi connectivity index (χ4v) is 3.61. The van der Waals surface area contributed by atoms with Gasteiger partial charge < -0.3 is 0 Å². The summed E-state index contributed by atoms with van der Waals surface area (Å²) in [7, 11) is 0. The van der Waals surface area contributed by atoms with Gasteiger partial charge in [-0.3, -0.25) is 20.4 Å². The van der Waals surface area contributed by atoms with Crippen LogP contribution in [0.4, 0.5) is 0 Å². The van der Waals surface area contributed by atoms with Gasteiger partial charge in [-0.25, -0.2) is 4.68 Å². The van der Waals surface area contributed by atoms with Gasteiger partial charge in [-0.05, 0) is 72.2 Å². The summed E-state index contributed by atoms with van der Waals surface area (Å²) >= 11 is 4.58. The number of aromatic nitrogens is 2. The molecule has 0 unspecified atom stereocenters. The minimum atomic E-state index is -0.385. The van der Waals surface area contributed by atoms with Crippen LogP contribution in [0.25, 0.3) is 5.69 Å². The molecule has 3 aromatic rings. The van der Waals surface area contributed by atoms with Gasteiger partial charge in [0.05, 0.1) is 20.0 Å². The topological polar surface area (TPSA) is 76.0 Å². The molecule has 6 nitrogen and oxygen atoms in total. The summed E-state index contributed by atoms with van der Waals surface area (Å²) < 4.78 is 2.66. The standard InChI is InChI=1S/C17H15BrN4O2S/c1-10-9-11(2)22(21-10)13-5-3-12(4-6-13)16(23)19-20-17(24)14-7-8-15(18)25-14/h3-9H,1-2H3,(H,19,23)(H,20,24). The Hall–Kier alpha value is -2.45. The normalized spacial score (nSPS) is 10.5. The highest BCUT2D eigenvalue weighted by molar-refractivity contribution is 9.11. The van der Waals surface area contributed by atoms with Crippen molar-refractivity contribution in [3.05, 3.63) is 68.1 Å². The number of hydrogen-bond acceptors (Lipinski definition) is 4. The summed E-state index contributed by atoms with van der Waals surface area (Å²) in [4.78, 5) is 24.6. The SMILES string of the molecule is Cc1cc(C)n(-c2ccc(C(=O)NNC(=O)c3ccc(Br)s3)cc2)n1. The molecule has 25 heavy (non-hydrogen) atoms. The molecule has 3 rings (SSSR count). The Morgan fingerprint density at radius 1 is 1.04 bits per heavy atom. The summed E-state index contributed by atoms with van der Waals surface area (Å²) in [5, 5.41) is 4.41. The molecular formula is C17H15BrN4O2S. The van der Waals surface area contributed by atoms with Gasteiger partial charge in [0.1, 0.15) is 0 Å². The molecule has 0 saturated carbocycles. The molecule has 0 saturated heterocycles. The van der Waals surface area contributed by atoms with Gasteiger partial charge in [-0.15, -0.1) is 11.3 Å². The van der Waals surface area contributed by atoms with Crippen LogP contribution in [-0.2, 0) is 0 Å². The van der Waals surface area contributed by atoms with E-state index < -0.39 is 0 Å². The number of rotatable bonds is 3. The van der Waals surface area contributed by atoms with Crippen LogP contribution in [0.15, 0.2) is 46.3 Å². The van der Waals surface area contributed by atoms with Crippen molar-refractivity contribution in [2.75, 3.05) is 0 Å². The monoisotopic (exact) mass is 418 g/mol. The summed E-state index contributed by atoms with van der Waals surface area (Å²) in [6.07, 6.45) is 0. The molecule has 0 radical (unpaired) electrons. The number of hydrazine groups is 1. The predicted molar refractivity (Wildman–Crippen MR) is 100.0 cm³/mol. The molecule has 2 N–H and O–H groups in total. The molecule has 0 spiro atoms. The Morgan fingerprint density at radius 3 is 2.28 bits per heavy atom. The Bertz CT molecular complexity index is 931. The molecule has 2 amide bonds. The van der Waals surface area contributed by atoms with Gasteiger partial charge in [0.25, 0.3) is 11.8 Å². The van der Waals surface area contributed by atoms with Gasteiger partial charge in [-0.1, -0.05) is 0 Å². The van der Waals surface area contributed by atoms with E-state index in [9.17, 15) is 9.59 Å². The van der Waals surface area contributed by atoms with Crippen molar-refractivity contribution in [2.45, 2.75) is 13.8 Å². The average Bonchev–Trinajstić information content (AvgIpc) is 3.17. The van der Waals surface area contributed by atoms with Gasteiger partial charge in [-0.2, -0.15) is 5.10 Å². The maximum Gasteiger partial charge on any atom is 0.279 e. The molecule has 2 heterocycles. The zero-order valence-corrected chi connectivity index (χ0v) is 15.9. The Balaban J connectivity index is 1.65. The lowest BCUT2D eigenvalue weighted by Gasteiger charge is -2.08. The Labute approximate surface area is 157 Å². The first-order chi connectivity index (χ1) is 11.9. The van der Waals surface area contributed by atoms with Crippen molar-refractivity contribution >= 4 is 39.1 Å². The number of thiophene rings is 1. The van der Waals surface area contributed by atoms with E-state index in [2.05, 4.69) is 31.9 Å². The Kier molecular flexibility index (Phi) is 5.00. The van der Waals surface area contributed by atoms with E-state index in [0.717, 1.165) is 20.9 Å². The molecule has 0 fully saturated rings. The van der Waals surface area contributed by atoms with E-state index in [1.165, 1.54) is 11.3 Å². The second-order valence-corrected chi connectivity index (χ2v) is 7.86. The van der Waals surface area contributed by atoms with E-state index >= 15 is 0 Å². The number of nitrogens with zero attached hydrogens (tertiary/aromatic N) is 2. The fraction of sp³-hybridized carbons (Fsp3) is 0.118. The lowest BCUT2D eigenvalue weighted by Crippen LogP contribution is -2.41. The predicted octanol–water partition coefficient (Wildman–Crippen LogP) is 3.39. The highest BCUT2D eigenvalue weighted by atomic mass is 79.9. The van der Waals surface area contributed by atoms with E-state index in [1.807, 2.05) is 36.7 Å². The van der Waals surface area contributed by atoms with Crippen LogP contribution in [0.2, 0.25) is 0 Å². The van der Waals surface area contributed by atoms with Gasteiger partial charge >= 0.3 is 0 Å². The van der Waals surface area contributed by atoms with Gasteiger partial charge in [0.15, 0.2) is 0 Å². The zero-order valence-electron chi connectivity index (χ0n) is 13.5. The maximum atomic E-state index is 12.2. The summed E-state index contributed by atoms with van der Waals surface area (Å²) in [6, 6.07) is 12.4. The summed E-state index contributed by atoms with van der Waals surface area (Å²) in [5.74, 6) is -0.743. The van der Waals surface area contributed by atoms with Crippen LogP contribution in [0, 0.1) is 13.8 Å². The zero-order chi connectivity index (χ0) is 18.0. The van der Waals surface area contributed by atoms with Crippen molar-refractivity contribution < 1.29 is 9.59 Å². The first-order valence-corrected chi connectivity index (χ1v) is 9.05. The number of carbonyl (C=O) groups is 2. The largest absolute Gasteiger partial charge is 0.279 e. The van der Waals surface area contributed by atoms with E-state index in [1.54, 1.807) is 24.3 Å². The van der Waals surface area contributed by atoms with Gasteiger partial charge in [0, 0.05) is 11.3 Å². The molecule has 1 aromatic carbocycles. The first kappa shape index (κ1) is 17.4. The number of amides is 2. The number of carbonyl (C=O) groups excluding carboxylic acids is 2. The van der Waals surface area contributed by atoms with Crippen LogP contribution in [-0.4, -0.2) is 21.6 Å². The van der Waals surface area contributed by atoms with Crippen LogP contribution in [0.1, 0.15) is 31.4 Å². The lowest BCUT2D eigenvalue weighted by molar-refractivity contribution is 0.0849. The highest BCUT2D eigenvalue weighted by Gasteiger charge is 2.11. The minimum Gasteiger partial charge on any atom is -0.267 e. The minimum absolute atomic E-state index is 0.358. The van der Waals surface area contributed by atoms with Crippen LogP contribution < -0.4 is 10.9 Å². The molecule has 128 valence electrons. The Morgan fingerprint density at radius 2 is 1.72 bits per heavy atom. The van der Waals surface area contributed by atoms with Crippen LogP contribution in [0.3, 0.4) is 0 Å². The quantitative estimate of drug-likeness (QED) is 0.639. The van der Waals surface area contributed by atoms with Crippen molar-refractivity contribution in [3.8, 4) is 5.69 Å². The molecule has 0 aliphatic rings. The van der Waals surface area contributed by atoms with E-state index in [0.29, 0.717) is 10.4 Å². The fourth-order valence-electron chi connectivity index (χ4n) is 2.33. The van der Waals surface area contributed by atoms with Crippen molar-refractivity contribution in [3.63, 3.8) is 0 Å². The molecule has 0 aliphatic carbocycles. The maximum absolute atomic E-state index is 12.2. The number of halogens is 1. The van der Waals surface area contributed by atoms with E-state index in [-0.39, 0.29) is 11.8 Å². The third kappa shape index (κ3) is 3.97. The van der Waals surface area contributed by atoms with E-state index in [4.69, 9.17) is 0 Å². The third-order valence-electron chi connectivity index (χ3n) is 3.47. The second-order valence-electron chi connectivity index (χ2n) is 5.40. The third-order valence-corrected chi connectivity index (χ3v) is 5.09. The van der Waals surface area contributed by atoms with Crippen molar-refractivity contribution in [1.29, 1.82) is 0 Å². The molecule has 2 aromatic heterocycles. The summed E-state index contributed by atoms with van der Waals surface area (Å²) in [5.41, 5.74) is 8.08. The summed E-state index contributed by atoms with van der Waals surface area (Å²) in [6.45, 7) is 3.90. The molecule has 8 heteroatoms. The van der Waals surface area contributed by atoms with Crippen LogP contribution in [0.5, 0.6) is 0 Å². The van der Waals surface area contributed by atoms with Crippen molar-refractivity contribution in [1.82, 2.24) is 20.6 Å². The first-order valence-electron chi connectivity index (χ1n) is 7.44. The average molecular weight is 419 g/mol. The molecule has 0 atom stereocenters. The van der Waals surface area contributed by atoms with Crippen LogP contribution >= 0.6 is 27.3 Å². The highest BCUT2D eigenvalue weighted by Crippen LogP contribution is 2.21. The number of hydrogen-bond donors (Lipinski definition) is 2. The molecule has 0 aliphatic heterocycles. The number of benzene rings is 1. The smallest absolute Gasteiger partial charge is 0.267 e. The van der Waals surface area contributed by atoms with Gasteiger partial charge in [0.2, 0.25) is 0 Å².